The van der Waals surface area contributed by atoms with Crippen molar-refractivity contribution in [1.82, 2.24) is 30.4 Å². The van der Waals surface area contributed by atoms with Crippen LogP contribution in [0.4, 0.5) is 0 Å². The van der Waals surface area contributed by atoms with Crippen LogP contribution in [0.25, 0.3) is 5.69 Å². The van der Waals surface area contributed by atoms with Crippen LogP contribution in [0.2, 0.25) is 0 Å². The minimum atomic E-state index is -0.697. The predicted molar refractivity (Wildman–Crippen MR) is 116 cm³/mol. The van der Waals surface area contributed by atoms with Crippen molar-refractivity contribution >= 4 is 11.8 Å². The van der Waals surface area contributed by atoms with Crippen LogP contribution < -0.4 is 10.9 Å². The fourth-order valence-electron chi connectivity index (χ4n) is 3.35. The van der Waals surface area contributed by atoms with Crippen LogP contribution in [0, 0.1) is 19.8 Å². The third-order valence-electron chi connectivity index (χ3n) is 4.92. The van der Waals surface area contributed by atoms with Crippen LogP contribution in [0.15, 0.2) is 36.5 Å². The molecule has 0 spiro atoms. The lowest BCUT2D eigenvalue weighted by Gasteiger charge is -2.08. The van der Waals surface area contributed by atoms with Gasteiger partial charge in [0.05, 0.1) is 17.6 Å². The van der Waals surface area contributed by atoms with E-state index in [1.165, 1.54) is 10.9 Å². The predicted octanol–water partition coefficient (Wildman–Crippen LogP) is 2.44. The highest BCUT2D eigenvalue weighted by Crippen LogP contribution is 2.18. The fraction of sp³-hybridized carbons (Fsp3) is 0.364. The highest BCUT2D eigenvalue weighted by molar-refractivity contribution is 5.95. The highest BCUT2D eigenvalue weighted by atomic mass is 16.3. The summed E-state index contributed by atoms with van der Waals surface area (Å²) in [5, 5.41) is 18.7. The van der Waals surface area contributed by atoms with Crippen molar-refractivity contribution < 1.29 is 14.7 Å². The maximum absolute atomic E-state index is 12.3. The Balaban J connectivity index is 1.55. The molecule has 0 radical (unpaired) electrons. The molecule has 9 nitrogen and oxygen atoms in total. The Bertz CT molecular complexity index is 1070. The van der Waals surface area contributed by atoms with Crippen molar-refractivity contribution in [3.05, 3.63) is 59.2 Å². The lowest BCUT2D eigenvalue weighted by atomic mass is 10.1. The summed E-state index contributed by atoms with van der Waals surface area (Å²) in [4.78, 5) is 24.6. The second kappa shape index (κ2) is 9.46. The van der Waals surface area contributed by atoms with Gasteiger partial charge in [0.25, 0.3) is 5.91 Å². The summed E-state index contributed by atoms with van der Waals surface area (Å²) in [5.41, 5.74) is 8.22. The van der Waals surface area contributed by atoms with Gasteiger partial charge in [-0.3, -0.25) is 25.1 Å². The van der Waals surface area contributed by atoms with Gasteiger partial charge in [-0.05, 0) is 43.9 Å². The van der Waals surface area contributed by atoms with E-state index in [2.05, 4.69) is 34.9 Å². The average Bonchev–Trinajstić information content (AvgIpc) is 3.24. The Hall–Kier alpha value is -3.62. The number of aryl methyl sites for hydroxylation is 1. The van der Waals surface area contributed by atoms with Gasteiger partial charge in [0.2, 0.25) is 5.91 Å². The van der Waals surface area contributed by atoms with E-state index in [0.717, 1.165) is 23.5 Å². The van der Waals surface area contributed by atoms with Crippen molar-refractivity contribution in [3.63, 3.8) is 0 Å². The lowest BCUT2D eigenvalue weighted by molar-refractivity contribution is -0.121. The van der Waals surface area contributed by atoms with Crippen LogP contribution >= 0.6 is 0 Å². The zero-order valence-corrected chi connectivity index (χ0v) is 18.2. The summed E-state index contributed by atoms with van der Waals surface area (Å²) in [6.07, 6.45) is 2.05. The molecule has 0 saturated carbocycles. The number of hydrogen-bond acceptors (Lipinski definition) is 5. The Morgan fingerprint density at radius 1 is 1.10 bits per heavy atom. The highest BCUT2D eigenvalue weighted by Gasteiger charge is 2.18. The smallest absolute Gasteiger partial charge is 0.294 e. The molecule has 31 heavy (non-hydrogen) atoms. The molecular weight excluding hydrogens is 396 g/mol. The van der Waals surface area contributed by atoms with Gasteiger partial charge in [-0.25, -0.2) is 4.68 Å². The largest absolute Gasteiger partial charge is 0.504 e. The van der Waals surface area contributed by atoms with Crippen molar-refractivity contribution in [2.75, 3.05) is 0 Å². The Labute approximate surface area is 181 Å². The molecule has 3 rings (SSSR count). The number of para-hydroxylation sites is 1. The Morgan fingerprint density at radius 3 is 2.48 bits per heavy atom. The average molecular weight is 425 g/mol. The molecule has 3 aromatic rings. The second-order valence-corrected chi connectivity index (χ2v) is 7.87. The number of aromatic hydroxyl groups is 1. The van der Waals surface area contributed by atoms with E-state index in [0.29, 0.717) is 18.0 Å². The van der Waals surface area contributed by atoms with Crippen LogP contribution in [-0.4, -0.2) is 36.5 Å². The number of nitrogens with zero attached hydrogens (tertiary/aromatic N) is 4. The van der Waals surface area contributed by atoms with Gasteiger partial charge in [-0.1, -0.05) is 32.0 Å². The molecule has 0 aliphatic rings. The van der Waals surface area contributed by atoms with Crippen LogP contribution in [0.1, 0.15) is 47.7 Å². The number of nitrogens with one attached hydrogen (secondary N) is 2. The first kappa shape index (κ1) is 22.1. The Morgan fingerprint density at radius 2 is 1.81 bits per heavy atom. The molecule has 2 heterocycles. The molecule has 0 unspecified atom stereocenters. The van der Waals surface area contributed by atoms with Crippen molar-refractivity contribution in [2.45, 2.75) is 47.1 Å². The molecule has 0 saturated heterocycles. The molecule has 2 amide bonds. The number of hydrogen-bond donors (Lipinski definition) is 3. The molecule has 1 aromatic carbocycles. The van der Waals surface area contributed by atoms with E-state index in [9.17, 15) is 14.7 Å². The standard InChI is InChI=1S/C22H28N6O3/c1-14(2)12-27-16(4)18(15(3)25-27)10-11-20(30)23-24-22(31)21-19(29)13-28(26-21)17-8-6-5-7-9-17/h5-9,13-14,29H,10-12H2,1-4H3,(H,23,30)(H,24,31). The number of aromatic nitrogens is 4. The van der Waals surface area contributed by atoms with Gasteiger partial charge >= 0.3 is 0 Å². The number of benzene rings is 1. The van der Waals surface area contributed by atoms with Gasteiger partial charge in [0, 0.05) is 18.7 Å². The number of rotatable bonds is 7. The SMILES string of the molecule is Cc1nn(CC(C)C)c(C)c1CCC(=O)NNC(=O)c1nn(-c2ccccc2)cc1O. The van der Waals surface area contributed by atoms with E-state index in [-0.39, 0.29) is 23.8 Å². The quantitative estimate of drug-likeness (QED) is 0.504. The number of hydrazine groups is 1. The first-order valence-corrected chi connectivity index (χ1v) is 10.2. The summed E-state index contributed by atoms with van der Waals surface area (Å²) in [7, 11) is 0. The fourth-order valence-corrected chi connectivity index (χ4v) is 3.35. The molecule has 164 valence electrons. The summed E-state index contributed by atoms with van der Waals surface area (Å²) in [5.74, 6) is -0.839. The summed E-state index contributed by atoms with van der Waals surface area (Å²) < 4.78 is 3.37. The maximum Gasteiger partial charge on any atom is 0.294 e. The van der Waals surface area contributed by atoms with E-state index >= 15 is 0 Å². The molecule has 0 aliphatic heterocycles. The normalized spacial score (nSPS) is 11.0. The third kappa shape index (κ3) is 5.30. The van der Waals surface area contributed by atoms with E-state index in [4.69, 9.17) is 0 Å². The zero-order valence-electron chi connectivity index (χ0n) is 18.2. The number of carbonyl (C=O) groups is 2. The maximum atomic E-state index is 12.3. The molecule has 0 fully saturated rings. The first-order chi connectivity index (χ1) is 14.8. The van der Waals surface area contributed by atoms with Crippen LogP contribution in [0.5, 0.6) is 5.75 Å². The molecule has 0 aliphatic carbocycles. The Kier molecular flexibility index (Phi) is 6.74. The van der Waals surface area contributed by atoms with E-state index < -0.39 is 5.91 Å². The molecule has 0 atom stereocenters. The second-order valence-electron chi connectivity index (χ2n) is 7.87. The number of amides is 2. The van der Waals surface area contributed by atoms with Crippen molar-refractivity contribution in [2.24, 2.45) is 5.92 Å². The molecule has 9 heteroatoms. The summed E-state index contributed by atoms with van der Waals surface area (Å²) in [6, 6.07) is 9.09. The van der Waals surface area contributed by atoms with Crippen molar-refractivity contribution in [1.29, 1.82) is 0 Å². The summed E-state index contributed by atoms with van der Waals surface area (Å²) >= 11 is 0. The van der Waals surface area contributed by atoms with Gasteiger partial charge in [0.15, 0.2) is 11.4 Å². The van der Waals surface area contributed by atoms with Crippen LogP contribution in [-0.2, 0) is 17.8 Å². The van der Waals surface area contributed by atoms with Gasteiger partial charge in [-0.2, -0.15) is 10.2 Å². The third-order valence-corrected chi connectivity index (χ3v) is 4.92. The van der Waals surface area contributed by atoms with E-state index in [1.54, 1.807) is 12.1 Å². The molecule has 2 aromatic heterocycles. The van der Waals surface area contributed by atoms with Gasteiger partial charge in [0.1, 0.15) is 0 Å². The van der Waals surface area contributed by atoms with Crippen LogP contribution in [0.3, 0.4) is 0 Å². The summed E-state index contributed by atoms with van der Waals surface area (Å²) in [6.45, 7) is 9.03. The lowest BCUT2D eigenvalue weighted by Crippen LogP contribution is -2.42. The number of carbonyl (C=O) groups excluding carboxylic acids is 2. The molecule has 0 bridgehead atoms. The van der Waals surface area contributed by atoms with E-state index in [1.807, 2.05) is 36.7 Å². The van der Waals surface area contributed by atoms with Gasteiger partial charge in [-0.15, -0.1) is 0 Å². The molecular formula is C22H28N6O3. The minimum absolute atomic E-state index is 0.175. The van der Waals surface area contributed by atoms with Gasteiger partial charge < -0.3 is 5.11 Å². The monoisotopic (exact) mass is 424 g/mol. The molecule has 3 N–H and O–H groups in total. The van der Waals surface area contributed by atoms with Crippen molar-refractivity contribution in [3.8, 4) is 11.4 Å². The topological polar surface area (TPSA) is 114 Å². The minimum Gasteiger partial charge on any atom is -0.504 e. The first-order valence-electron chi connectivity index (χ1n) is 10.2. The zero-order chi connectivity index (χ0) is 22.5.